The van der Waals surface area contributed by atoms with E-state index in [1.807, 2.05) is 55.5 Å². The van der Waals surface area contributed by atoms with Gasteiger partial charge in [-0.15, -0.1) is 0 Å². The minimum atomic E-state index is -0.141. The van der Waals surface area contributed by atoms with Crippen molar-refractivity contribution < 1.29 is 9.15 Å². The molecule has 0 radical (unpaired) electrons. The number of furan rings is 1. The molecule has 5 heterocycles. The highest BCUT2D eigenvalue weighted by atomic mass is 16.5. The van der Waals surface area contributed by atoms with Crippen molar-refractivity contribution in [2.24, 2.45) is 5.92 Å². The molecule has 5 aromatic rings. The summed E-state index contributed by atoms with van der Waals surface area (Å²) in [6.45, 7) is 5.18. The van der Waals surface area contributed by atoms with Gasteiger partial charge in [-0.05, 0) is 68.6 Å². The second-order valence-electron chi connectivity index (χ2n) is 9.82. The van der Waals surface area contributed by atoms with Crippen molar-refractivity contribution in [2.75, 3.05) is 20.2 Å². The average molecular weight is 511 g/mol. The SMILES string of the molecule is COc1cccc(-n2cc3nc(-c4cccnc4C)n(C[C@H]4CCCN(Cc5ccco5)C4)c(=O)c3n2)c1. The second kappa shape index (κ2) is 10.3. The summed E-state index contributed by atoms with van der Waals surface area (Å²) in [6.07, 6.45) is 7.39. The third kappa shape index (κ3) is 4.72. The molecule has 194 valence electrons. The largest absolute Gasteiger partial charge is 0.497 e. The molecule has 0 bridgehead atoms. The maximum Gasteiger partial charge on any atom is 0.282 e. The molecule has 1 aliphatic rings. The summed E-state index contributed by atoms with van der Waals surface area (Å²) >= 11 is 0. The first-order valence-corrected chi connectivity index (χ1v) is 12.9. The summed E-state index contributed by atoms with van der Waals surface area (Å²) in [4.78, 5) is 25.8. The Morgan fingerprint density at radius 1 is 1.16 bits per heavy atom. The molecule has 1 saturated heterocycles. The fourth-order valence-electron chi connectivity index (χ4n) is 5.30. The Hall–Kier alpha value is -4.24. The van der Waals surface area contributed by atoms with Crippen molar-refractivity contribution in [2.45, 2.75) is 32.9 Å². The number of aromatic nitrogens is 5. The van der Waals surface area contributed by atoms with Gasteiger partial charge in [0.05, 0.1) is 31.8 Å². The van der Waals surface area contributed by atoms with Gasteiger partial charge in [-0.2, -0.15) is 5.10 Å². The summed E-state index contributed by atoms with van der Waals surface area (Å²) in [5.41, 5.74) is 3.24. The van der Waals surface area contributed by atoms with E-state index in [0.29, 0.717) is 29.3 Å². The number of rotatable bonds is 7. The first-order chi connectivity index (χ1) is 18.6. The molecule has 9 heteroatoms. The molecule has 0 saturated carbocycles. The van der Waals surface area contributed by atoms with E-state index in [2.05, 4.69) is 15.0 Å². The summed E-state index contributed by atoms with van der Waals surface area (Å²) in [5, 5.41) is 4.66. The molecule has 0 unspecified atom stereocenters. The number of nitrogens with zero attached hydrogens (tertiary/aromatic N) is 6. The van der Waals surface area contributed by atoms with Crippen LogP contribution in [-0.2, 0) is 13.1 Å². The molecular formula is C29H30N6O3. The van der Waals surface area contributed by atoms with Crippen LogP contribution in [0.5, 0.6) is 5.75 Å². The summed E-state index contributed by atoms with van der Waals surface area (Å²) in [6, 6.07) is 15.4. The number of benzene rings is 1. The van der Waals surface area contributed by atoms with Crippen LogP contribution in [-0.4, -0.2) is 49.4 Å². The van der Waals surface area contributed by atoms with Gasteiger partial charge in [-0.3, -0.25) is 19.2 Å². The Kier molecular flexibility index (Phi) is 6.51. The maximum atomic E-state index is 14.0. The van der Waals surface area contributed by atoms with Crippen LogP contribution in [0.3, 0.4) is 0 Å². The van der Waals surface area contributed by atoms with E-state index in [1.165, 1.54) is 0 Å². The Labute approximate surface area is 220 Å². The highest BCUT2D eigenvalue weighted by Crippen LogP contribution is 2.26. The topological polar surface area (TPSA) is 91.2 Å². The lowest BCUT2D eigenvalue weighted by atomic mass is 9.97. The van der Waals surface area contributed by atoms with Gasteiger partial charge < -0.3 is 9.15 Å². The van der Waals surface area contributed by atoms with E-state index < -0.39 is 0 Å². The van der Waals surface area contributed by atoms with Gasteiger partial charge in [0.15, 0.2) is 5.52 Å². The summed E-state index contributed by atoms with van der Waals surface area (Å²) < 4.78 is 14.4. The first-order valence-electron chi connectivity index (χ1n) is 12.9. The molecule has 0 amide bonds. The lowest BCUT2D eigenvalue weighted by Crippen LogP contribution is -2.38. The van der Waals surface area contributed by atoms with E-state index in [1.54, 1.807) is 35.0 Å². The second-order valence-corrected chi connectivity index (χ2v) is 9.82. The number of ether oxygens (including phenoxy) is 1. The molecule has 1 aromatic carbocycles. The molecule has 1 aliphatic heterocycles. The maximum absolute atomic E-state index is 14.0. The van der Waals surface area contributed by atoms with Gasteiger partial charge in [-0.1, -0.05) is 6.07 Å². The number of methoxy groups -OCH3 is 1. The van der Waals surface area contributed by atoms with Crippen LogP contribution in [0.2, 0.25) is 0 Å². The Morgan fingerprint density at radius 2 is 2.08 bits per heavy atom. The number of pyridine rings is 1. The van der Waals surface area contributed by atoms with E-state index in [0.717, 1.165) is 60.9 Å². The van der Waals surface area contributed by atoms with Crippen molar-refractivity contribution in [1.82, 2.24) is 29.2 Å². The van der Waals surface area contributed by atoms with E-state index in [4.69, 9.17) is 14.1 Å². The van der Waals surface area contributed by atoms with Crippen LogP contribution in [0.25, 0.3) is 28.1 Å². The molecule has 9 nitrogen and oxygen atoms in total. The number of likely N-dealkylation sites (tertiary alicyclic amines) is 1. The molecule has 1 fully saturated rings. The van der Waals surface area contributed by atoms with Crippen LogP contribution in [0.4, 0.5) is 0 Å². The van der Waals surface area contributed by atoms with Crippen molar-refractivity contribution in [3.05, 3.63) is 89.0 Å². The number of fused-ring (bicyclic) bond motifs is 1. The van der Waals surface area contributed by atoms with Crippen LogP contribution < -0.4 is 10.3 Å². The number of piperidine rings is 1. The third-order valence-corrected chi connectivity index (χ3v) is 7.19. The lowest BCUT2D eigenvalue weighted by Gasteiger charge is -2.32. The number of aryl methyl sites for hydroxylation is 1. The highest BCUT2D eigenvalue weighted by molar-refractivity contribution is 5.76. The van der Waals surface area contributed by atoms with Crippen molar-refractivity contribution in [1.29, 1.82) is 0 Å². The number of hydrogen-bond acceptors (Lipinski definition) is 7. The molecule has 0 aliphatic carbocycles. The molecule has 1 atom stereocenters. The van der Waals surface area contributed by atoms with E-state index in [-0.39, 0.29) is 5.56 Å². The lowest BCUT2D eigenvalue weighted by molar-refractivity contribution is 0.146. The highest BCUT2D eigenvalue weighted by Gasteiger charge is 2.25. The van der Waals surface area contributed by atoms with Crippen LogP contribution in [0, 0.1) is 12.8 Å². The molecule has 6 rings (SSSR count). The minimum absolute atomic E-state index is 0.141. The Balaban J connectivity index is 1.40. The van der Waals surface area contributed by atoms with Crippen LogP contribution >= 0.6 is 0 Å². The van der Waals surface area contributed by atoms with Gasteiger partial charge >= 0.3 is 0 Å². The normalized spacial score (nSPS) is 16.2. The quantitative estimate of drug-likeness (QED) is 0.319. The molecule has 4 aromatic heterocycles. The predicted molar refractivity (Wildman–Crippen MR) is 144 cm³/mol. The first kappa shape index (κ1) is 24.1. The smallest absolute Gasteiger partial charge is 0.282 e. The zero-order valence-electron chi connectivity index (χ0n) is 21.6. The monoisotopic (exact) mass is 510 g/mol. The van der Waals surface area contributed by atoms with Crippen LogP contribution in [0.15, 0.2) is 76.4 Å². The van der Waals surface area contributed by atoms with Crippen molar-refractivity contribution in [3.8, 4) is 22.8 Å². The standard InChI is InChI=1S/C29H30N6O3/c1-20-25(11-4-12-30-20)28-31-26-19-35(22-8-3-9-23(15-22)37-2)32-27(26)29(36)34(28)17-21-7-5-13-33(16-21)18-24-10-6-14-38-24/h3-4,6,8-12,14-15,19,21H,5,7,13,16-18H2,1-2H3/t21-/m0/s1. The fourth-order valence-corrected chi connectivity index (χ4v) is 5.30. The van der Waals surface area contributed by atoms with E-state index in [9.17, 15) is 4.79 Å². The fraction of sp³-hybridized carbons (Fsp3) is 0.310. The van der Waals surface area contributed by atoms with Crippen molar-refractivity contribution in [3.63, 3.8) is 0 Å². The Morgan fingerprint density at radius 3 is 2.89 bits per heavy atom. The zero-order valence-corrected chi connectivity index (χ0v) is 21.6. The van der Waals surface area contributed by atoms with E-state index >= 15 is 0 Å². The molecule has 0 N–H and O–H groups in total. The van der Waals surface area contributed by atoms with Gasteiger partial charge in [-0.25, -0.2) is 9.67 Å². The Bertz CT molecular complexity index is 1620. The number of hydrogen-bond donors (Lipinski definition) is 0. The van der Waals surface area contributed by atoms with Gasteiger partial charge in [0.2, 0.25) is 0 Å². The third-order valence-electron chi connectivity index (χ3n) is 7.19. The molecular weight excluding hydrogens is 480 g/mol. The zero-order chi connectivity index (χ0) is 26.1. The summed E-state index contributed by atoms with van der Waals surface area (Å²) in [7, 11) is 1.63. The molecule has 38 heavy (non-hydrogen) atoms. The predicted octanol–water partition coefficient (Wildman–Crippen LogP) is 4.47. The minimum Gasteiger partial charge on any atom is -0.497 e. The van der Waals surface area contributed by atoms with Crippen molar-refractivity contribution >= 4 is 11.0 Å². The summed E-state index contributed by atoms with van der Waals surface area (Å²) in [5.74, 6) is 2.60. The molecule has 0 spiro atoms. The van der Waals surface area contributed by atoms with Crippen LogP contribution in [0.1, 0.15) is 24.3 Å². The van der Waals surface area contributed by atoms with Gasteiger partial charge in [0, 0.05) is 36.6 Å². The average Bonchev–Trinajstić information content (AvgIpc) is 3.61. The van der Waals surface area contributed by atoms with Gasteiger partial charge in [0.25, 0.3) is 5.56 Å². The van der Waals surface area contributed by atoms with Gasteiger partial charge in [0.1, 0.15) is 22.9 Å².